The molecular formula is C37H34Cl2N6O5. The normalized spacial score (nSPS) is 16.4. The van der Waals surface area contributed by atoms with Gasteiger partial charge in [-0.15, -0.1) is 0 Å². The van der Waals surface area contributed by atoms with E-state index in [9.17, 15) is 19.5 Å². The first-order chi connectivity index (χ1) is 24.2. The number of carbonyl (C=O) groups excluding carboxylic acids is 1. The number of rotatable bonds is 12. The number of aliphatic carboxylic acids is 1. The SMILES string of the molecule is COc1nc(-c2cccc(-c3cccc(-c4ccn5c(=O)c(CNCC6CCC(=O)N6)cnc5c4)c3Cl)c2Cl)ccc1CNC1(C(=O)O)CC1. The number of halogens is 2. The summed E-state index contributed by atoms with van der Waals surface area (Å²) in [6.07, 6.45) is 5.76. The van der Waals surface area contributed by atoms with E-state index in [1.165, 1.54) is 11.5 Å². The van der Waals surface area contributed by atoms with Crippen LogP contribution in [0, 0.1) is 0 Å². The summed E-state index contributed by atoms with van der Waals surface area (Å²) < 4.78 is 7.08. The zero-order chi connectivity index (χ0) is 35.0. The molecule has 4 heterocycles. The molecule has 2 aromatic carbocycles. The highest BCUT2D eigenvalue weighted by Gasteiger charge is 2.50. The van der Waals surface area contributed by atoms with Crippen molar-refractivity contribution in [2.24, 2.45) is 0 Å². The predicted octanol–water partition coefficient (Wildman–Crippen LogP) is 5.48. The third kappa shape index (κ3) is 6.57. The zero-order valence-electron chi connectivity index (χ0n) is 27.1. The van der Waals surface area contributed by atoms with E-state index in [0.717, 1.165) is 28.7 Å². The number of carboxylic acid groups (broad SMARTS) is 1. The van der Waals surface area contributed by atoms with Crippen molar-refractivity contribution in [1.29, 1.82) is 0 Å². The van der Waals surface area contributed by atoms with Crippen LogP contribution in [0.4, 0.5) is 0 Å². The molecule has 2 fully saturated rings. The molecule has 13 heteroatoms. The van der Waals surface area contributed by atoms with E-state index in [0.29, 0.717) is 82.9 Å². The molecule has 0 spiro atoms. The molecule has 1 unspecified atom stereocenters. The third-order valence-electron chi connectivity index (χ3n) is 9.36. The molecule has 0 bridgehead atoms. The summed E-state index contributed by atoms with van der Waals surface area (Å²) in [4.78, 5) is 45.6. The molecular weight excluding hydrogens is 679 g/mol. The van der Waals surface area contributed by atoms with Crippen molar-refractivity contribution in [3.8, 4) is 39.4 Å². The minimum Gasteiger partial charge on any atom is -0.481 e. The maximum Gasteiger partial charge on any atom is 0.323 e. The molecule has 1 atom stereocenters. The Morgan fingerprint density at radius 1 is 1.00 bits per heavy atom. The van der Waals surface area contributed by atoms with E-state index in [1.54, 1.807) is 12.4 Å². The van der Waals surface area contributed by atoms with Gasteiger partial charge in [0, 0.05) is 77.9 Å². The number of carboxylic acids is 1. The highest BCUT2D eigenvalue weighted by molar-refractivity contribution is 6.39. The number of hydrogen-bond acceptors (Lipinski definition) is 8. The lowest BCUT2D eigenvalue weighted by Crippen LogP contribution is -2.38. The van der Waals surface area contributed by atoms with Gasteiger partial charge in [-0.2, -0.15) is 0 Å². The highest BCUT2D eigenvalue weighted by Crippen LogP contribution is 2.42. The van der Waals surface area contributed by atoms with E-state index < -0.39 is 11.5 Å². The van der Waals surface area contributed by atoms with Gasteiger partial charge in [-0.1, -0.05) is 65.7 Å². The molecule has 5 aromatic rings. The lowest BCUT2D eigenvalue weighted by atomic mass is 9.97. The quantitative estimate of drug-likeness (QED) is 0.132. The van der Waals surface area contributed by atoms with Crippen LogP contribution in [0.25, 0.3) is 39.2 Å². The summed E-state index contributed by atoms with van der Waals surface area (Å²) in [5.74, 6) is -0.421. The van der Waals surface area contributed by atoms with Gasteiger partial charge in [-0.25, -0.2) is 9.97 Å². The van der Waals surface area contributed by atoms with E-state index in [4.69, 9.17) is 32.9 Å². The van der Waals surface area contributed by atoms with E-state index in [-0.39, 0.29) is 17.5 Å². The number of ether oxygens (including phenoxy) is 1. The van der Waals surface area contributed by atoms with Crippen molar-refractivity contribution in [3.05, 3.63) is 105 Å². The smallest absolute Gasteiger partial charge is 0.323 e. The van der Waals surface area contributed by atoms with Crippen molar-refractivity contribution in [2.45, 2.75) is 50.4 Å². The monoisotopic (exact) mass is 712 g/mol. The molecule has 2 aliphatic rings. The number of pyridine rings is 2. The minimum atomic E-state index is -0.880. The molecule has 7 rings (SSSR count). The fourth-order valence-corrected chi connectivity index (χ4v) is 6.96. The Kier molecular flexibility index (Phi) is 9.32. The molecule has 1 aliphatic carbocycles. The van der Waals surface area contributed by atoms with Crippen molar-refractivity contribution in [3.63, 3.8) is 0 Å². The summed E-state index contributed by atoms with van der Waals surface area (Å²) in [5.41, 5.74) is 4.93. The maximum atomic E-state index is 13.2. The van der Waals surface area contributed by atoms with Crippen LogP contribution in [0.1, 0.15) is 36.8 Å². The Balaban J connectivity index is 1.13. The van der Waals surface area contributed by atoms with Gasteiger partial charge >= 0.3 is 5.97 Å². The summed E-state index contributed by atoms with van der Waals surface area (Å²) in [5, 5.41) is 19.7. The Bertz CT molecular complexity index is 2200. The molecule has 0 radical (unpaired) electrons. The molecule has 1 amide bonds. The topological polar surface area (TPSA) is 147 Å². The molecule has 50 heavy (non-hydrogen) atoms. The van der Waals surface area contributed by atoms with Gasteiger partial charge < -0.3 is 20.5 Å². The molecule has 1 saturated carbocycles. The van der Waals surface area contributed by atoms with E-state index in [2.05, 4.69) is 20.9 Å². The average molecular weight is 714 g/mol. The molecule has 11 nitrogen and oxygen atoms in total. The second kappa shape index (κ2) is 13.8. The number of benzene rings is 2. The Hall–Kier alpha value is -4.81. The van der Waals surface area contributed by atoms with E-state index >= 15 is 0 Å². The van der Waals surface area contributed by atoms with Crippen molar-refractivity contribution in [2.75, 3.05) is 13.7 Å². The maximum absolute atomic E-state index is 13.2. The Labute approximate surface area is 297 Å². The van der Waals surface area contributed by atoms with Gasteiger partial charge in [-0.3, -0.25) is 24.1 Å². The Morgan fingerprint density at radius 2 is 1.72 bits per heavy atom. The number of aromatic nitrogens is 3. The number of methoxy groups -OCH3 is 1. The van der Waals surface area contributed by atoms with Gasteiger partial charge in [0.15, 0.2) is 0 Å². The average Bonchev–Trinajstić information content (AvgIpc) is 3.81. The van der Waals surface area contributed by atoms with Crippen molar-refractivity contribution >= 4 is 40.7 Å². The number of nitrogens with zero attached hydrogens (tertiary/aromatic N) is 3. The first-order valence-electron chi connectivity index (χ1n) is 16.3. The predicted molar refractivity (Wildman–Crippen MR) is 191 cm³/mol. The van der Waals surface area contributed by atoms with Crippen LogP contribution in [0.15, 0.2) is 77.9 Å². The van der Waals surface area contributed by atoms with Crippen LogP contribution in [0.5, 0.6) is 5.88 Å². The molecule has 1 aliphatic heterocycles. The standard InChI is InChI=1S/C37H34Cl2N6O5/c1-50-34-22(19-42-37(13-14-37)36(48)49)8-10-29(44-34)28-7-3-6-27(33(28)39)26-5-2-4-25(32(26)38)21-12-15-45-30(16-21)41-18-23(35(45)47)17-40-20-24-9-11-31(46)43-24/h2-8,10,12,15-16,18,24,40,42H,9,11,13-14,17,19-20H2,1H3,(H,43,46)(H,48,49). The number of nitrogens with one attached hydrogen (secondary N) is 3. The first kappa shape index (κ1) is 33.7. The van der Waals surface area contributed by atoms with Crippen LogP contribution < -0.4 is 26.2 Å². The van der Waals surface area contributed by atoms with Gasteiger partial charge in [0.05, 0.1) is 22.8 Å². The summed E-state index contributed by atoms with van der Waals surface area (Å²) in [7, 11) is 1.53. The van der Waals surface area contributed by atoms with Gasteiger partial charge in [0.25, 0.3) is 5.56 Å². The fraction of sp³-hybridized carbons (Fsp3) is 0.270. The van der Waals surface area contributed by atoms with Crippen molar-refractivity contribution in [1.82, 2.24) is 30.3 Å². The number of amides is 1. The summed E-state index contributed by atoms with van der Waals surface area (Å²) in [6, 6.07) is 18.8. The lowest BCUT2D eigenvalue weighted by molar-refractivity contribution is -0.140. The van der Waals surface area contributed by atoms with Crippen LogP contribution in [0.2, 0.25) is 10.0 Å². The molecule has 3 aromatic heterocycles. The first-order valence-corrected chi connectivity index (χ1v) is 17.0. The van der Waals surface area contributed by atoms with Crippen molar-refractivity contribution < 1.29 is 19.4 Å². The Morgan fingerprint density at radius 3 is 2.40 bits per heavy atom. The summed E-state index contributed by atoms with van der Waals surface area (Å²) in [6.45, 7) is 1.23. The highest BCUT2D eigenvalue weighted by atomic mass is 35.5. The van der Waals surface area contributed by atoms with Gasteiger partial charge in [0.2, 0.25) is 11.8 Å². The van der Waals surface area contributed by atoms with E-state index in [1.807, 2.05) is 60.7 Å². The molecule has 4 N–H and O–H groups in total. The number of carbonyl (C=O) groups is 2. The zero-order valence-corrected chi connectivity index (χ0v) is 28.6. The van der Waals surface area contributed by atoms with Crippen LogP contribution in [0.3, 0.4) is 0 Å². The summed E-state index contributed by atoms with van der Waals surface area (Å²) >= 11 is 14.1. The second-order valence-electron chi connectivity index (χ2n) is 12.6. The third-order valence-corrected chi connectivity index (χ3v) is 10.2. The molecule has 256 valence electrons. The molecule has 1 saturated heterocycles. The number of fused-ring (bicyclic) bond motifs is 1. The number of hydrogen-bond donors (Lipinski definition) is 4. The minimum absolute atomic E-state index is 0.0549. The van der Waals surface area contributed by atoms with Gasteiger partial charge in [0.1, 0.15) is 11.2 Å². The van der Waals surface area contributed by atoms with Gasteiger partial charge in [-0.05, 0) is 43.0 Å². The van der Waals surface area contributed by atoms with Crippen LogP contribution in [-0.4, -0.2) is 56.6 Å². The second-order valence-corrected chi connectivity index (χ2v) is 13.4. The van der Waals surface area contributed by atoms with Crippen LogP contribution in [-0.2, 0) is 22.7 Å². The largest absolute Gasteiger partial charge is 0.481 e. The van der Waals surface area contributed by atoms with Crippen LogP contribution >= 0.6 is 23.2 Å². The fourth-order valence-electron chi connectivity index (χ4n) is 6.30. The lowest BCUT2D eigenvalue weighted by Gasteiger charge is -2.16.